The first-order valence-corrected chi connectivity index (χ1v) is 14.2. The minimum atomic E-state index is -0.167. The Morgan fingerprint density at radius 1 is 1.00 bits per heavy atom. The molecule has 8 heteroatoms. The molecule has 198 valence electrons. The fourth-order valence-corrected chi connectivity index (χ4v) is 6.06. The number of hydrogen-bond donors (Lipinski definition) is 3. The van der Waals surface area contributed by atoms with Crippen LogP contribution in [-0.2, 0) is 6.54 Å². The molecule has 0 unspecified atom stereocenters. The molecule has 3 N–H and O–H groups in total. The van der Waals surface area contributed by atoms with Crippen molar-refractivity contribution in [2.24, 2.45) is 0 Å². The van der Waals surface area contributed by atoms with Crippen LogP contribution in [0.5, 0.6) is 0 Å². The molecule has 37 heavy (non-hydrogen) atoms. The Morgan fingerprint density at radius 2 is 1.76 bits per heavy atom. The topological polar surface area (TPSA) is 81.5 Å². The molecule has 1 saturated carbocycles. The largest absolute Gasteiger partial charge is 0.393 e. The average molecular weight is 504 g/mol. The predicted octanol–water partition coefficient (Wildman–Crippen LogP) is 3.49. The monoisotopic (exact) mass is 503 g/mol. The summed E-state index contributed by atoms with van der Waals surface area (Å²) in [6, 6.07) is 10.2. The molecular weight excluding hydrogens is 462 g/mol. The number of anilines is 1. The fourth-order valence-electron chi connectivity index (χ4n) is 6.06. The first-order valence-electron chi connectivity index (χ1n) is 14.2. The number of rotatable bonds is 8. The normalized spacial score (nSPS) is 23.8. The highest BCUT2D eigenvalue weighted by molar-refractivity contribution is 5.94. The van der Waals surface area contributed by atoms with Crippen LogP contribution in [0.25, 0.3) is 22.2 Å². The second kappa shape index (κ2) is 11.1. The van der Waals surface area contributed by atoms with Crippen LogP contribution in [0.1, 0.15) is 50.6 Å². The zero-order valence-corrected chi connectivity index (χ0v) is 22.1. The van der Waals surface area contributed by atoms with Gasteiger partial charge in [-0.3, -0.25) is 9.80 Å². The van der Waals surface area contributed by atoms with Crippen molar-refractivity contribution in [2.75, 3.05) is 51.1 Å². The summed E-state index contributed by atoms with van der Waals surface area (Å²) in [5.74, 6) is 0.695. The van der Waals surface area contributed by atoms with Gasteiger partial charge >= 0.3 is 0 Å². The Balaban J connectivity index is 1.20. The highest BCUT2D eigenvalue weighted by Gasteiger charge is 2.28. The van der Waals surface area contributed by atoms with Crippen LogP contribution < -0.4 is 10.6 Å². The van der Waals surface area contributed by atoms with E-state index in [2.05, 4.69) is 67.4 Å². The Kier molecular flexibility index (Phi) is 7.42. The highest BCUT2D eigenvalue weighted by atomic mass is 16.3. The summed E-state index contributed by atoms with van der Waals surface area (Å²) in [6.07, 6.45) is 8.79. The zero-order chi connectivity index (χ0) is 25.2. The first kappa shape index (κ1) is 24.8. The van der Waals surface area contributed by atoms with Gasteiger partial charge in [-0.1, -0.05) is 31.2 Å². The van der Waals surface area contributed by atoms with E-state index in [9.17, 15) is 5.11 Å². The summed E-state index contributed by atoms with van der Waals surface area (Å²) < 4.78 is 2.35. The van der Waals surface area contributed by atoms with E-state index in [1.54, 1.807) is 0 Å². The Bertz CT molecular complexity index is 1170. The molecule has 8 nitrogen and oxygen atoms in total. The molecule has 2 aromatic heterocycles. The van der Waals surface area contributed by atoms with Gasteiger partial charge in [0.05, 0.1) is 6.10 Å². The molecule has 4 heterocycles. The average Bonchev–Trinajstić information content (AvgIpc) is 3.27. The fraction of sp³-hybridized carbons (Fsp3) is 0.586. The lowest BCUT2D eigenvalue weighted by molar-refractivity contribution is 0.0696. The maximum absolute atomic E-state index is 10.1. The molecule has 3 aromatic rings. The summed E-state index contributed by atoms with van der Waals surface area (Å²) in [7, 11) is 0. The van der Waals surface area contributed by atoms with Crippen LogP contribution in [0, 0.1) is 0 Å². The van der Waals surface area contributed by atoms with Crippen molar-refractivity contribution in [3.63, 3.8) is 0 Å². The number of benzene rings is 1. The van der Waals surface area contributed by atoms with Crippen molar-refractivity contribution in [1.82, 2.24) is 29.7 Å². The summed E-state index contributed by atoms with van der Waals surface area (Å²) in [6.45, 7) is 11.0. The maximum Gasteiger partial charge on any atom is 0.224 e. The lowest BCUT2D eigenvalue weighted by Gasteiger charge is -2.43. The van der Waals surface area contributed by atoms with Gasteiger partial charge in [-0.25, -0.2) is 4.98 Å². The lowest BCUT2D eigenvalue weighted by Crippen LogP contribution is -2.61. The van der Waals surface area contributed by atoms with Crippen LogP contribution in [0.4, 0.5) is 5.95 Å². The van der Waals surface area contributed by atoms with E-state index in [0.717, 1.165) is 88.4 Å². The Morgan fingerprint density at radius 3 is 2.43 bits per heavy atom. The van der Waals surface area contributed by atoms with Gasteiger partial charge in [0.25, 0.3) is 0 Å². The molecule has 2 aliphatic heterocycles. The van der Waals surface area contributed by atoms with Crippen LogP contribution in [0.15, 0.2) is 36.7 Å². The minimum absolute atomic E-state index is 0.167. The number of nitrogens with one attached hydrogen (secondary N) is 2. The van der Waals surface area contributed by atoms with Gasteiger partial charge in [0.15, 0.2) is 0 Å². The van der Waals surface area contributed by atoms with E-state index < -0.39 is 0 Å². The summed E-state index contributed by atoms with van der Waals surface area (Å²) >= 11 is 0. The minimum Gasteiger partial charge on any atom is -0.393 e. The molecule has 1 aromatic carbocycles. The van der Waals surface area contributed by atoms with E-state index >= 15 is 0 Å². The third-order valence-corrected chi connectivity index (χ3v) is 8.52. The van der Waals surface area contributed by atoms with Crippen LogP contribution >= 0.6 is 0 Å². The molecule has 1 aliphatic carbocycles. The van der Waals surface area contributed by atoms with E-state index in [1.807, 2.05) is 6.20 Å². The number of piperazine rings is 1. The van der Waals surface area contributed by atoms with Gasteiger partial charge < -0.3 is 20.3 Å². The molecular formula is C29H41N7O. The van der Waals surface area contributed by atoms with Crippen molar-refractivity contribution < 1.29 is 5.11 Å². The van der Waals surface area contributed by atoms with E-state index in [-0.39, 0.29) is 6.10 Å². The van der Waals surface area contributed by atoms with Crippen molar-refractivity contribution in [3.8, 4) is 11.1 Å². The van der Waals surface area contributed by atoms with Crippen molar-refractivity contribution >= 4 is 17.0 Å². The zero-order valence-electron chi connectivity index (χ0n) is 22.1. The number of aromatic nitrogens is 3. The summed E-state index contributed by atoms with van der Waals surface area (Å²) in [5.41, 5.74) is 4.77. The van der Waals surface area contributed by atoms with Gasteiger partial charge in [-0.15, -0.1) is 0 Å². The van der Waals surface area contributed by atoms with E-state index in [1.165, 1.54) is 29.8 Å². The molecule has 3 aliphatic rings. The van der Waals surface area contributed by atoms with Gasteiger partial charge in [-0.2, -0.15) is 4.98 Å². The molecule has 0 atom stereocenters. The predicted molar refractivity (Wildman–Crippen MR) is 149 cm³/mol. The second-order valence-corrected chi connectivity index (χ2v) is 11.1. The molecule has 0 radical (unpaired) electrons. The van der Waals surface area contributed by atoms with Crippen molar-refractivity contribution in [1.29, 1.82) is 0 Å². The molecule has 0 amide bonds. The Hall–Kier alpha value is -2.52. The van der Waals surface area contributed by atoms with E-state index in [4.69, 9.17) is 4.98 Å². The maximum atomic E-state index is 10.1. The number of hydrogen-bond acceptors (Lipinski definition) is 7. The van der Waals surface area contributed by atoms with E-state index in [0.29, 0.717) is 12.0 Å². The first-order chi connectivity index (χ1) is 18.2. The van der Waals surface area contributed by atoms with Gasteiger partial charge in [0.2, 0.25) is 5.95 Å². The second-order valence-electron chi connectivity index (χ2n) is 11.1. The summed E-state index contributed by atoms with van der Waals surface area (Å²) in [4.78, 5) is 14.8. The molecule has 0 bridgehead atoms. The van der Waals surface area contributed by atoms with Crippen LogP contribution in [0.3, 0.4) is 0 Å². The van der Waals surface area contributed by atoms with Gasteiger partial charge in [0.1, 0.15) is 5.65 Å². The highest BCUT2D eigenvalue weighted by Crippen LogP contribution is 2.36. The number of fused-ring (bicyclic) bond motifs is 1. The van der Waals surface area contributed by atoms with Crippen molar-refractivity contribution in [2.45, 2.75) is 63.8 Å². The van der Waals surface area contributed by atoms with Crippen molar-refractivity contribution in [3.05, 3.63) is 42.2 Å². The van der Waals surface area contributed by atoms with Gasteiger partial charge in [0, 0.05) is 87.8 Å². The van der Waals surface area contributed by atoms with Crippen LogP contribution in [-0.4, -0.2) is 87.4 Å². The standard InChI is InChI=1S/C29H41N7O/c1-2-11-31-29-32-18-26-27(20-36(28(26)33-29)23-7-9-25(37)10-8-23)22-5-3-21(4-6-22)19-34-12-14-35(15-13-34)24-16-30-17-24/h3-6,18,20,23-25,30,37H,2,7-17,19H2,1H3,(H,31,32,33). The van der Waals surface area contributed by atoms with Gasteiger partial charge in [-0.05, 0) is 43.2 Å². The number of aliphatic hydroxyl groups is 1. The quantitative estimate of drug-likeness (QED) is 0.434. The lowest BCUT2D eigenvalue weighted by atomic mass is 9.93. The molecule has 3 fully saturated rings. The smallest absolute Gasteiger partial charge is 0.224 e. The molecule has 6 rings (SSSR count). The third kappa shape index (κ3) is 5.39. The SMILES string of the molecule is CCCNc1ncc2c(-c3ccc(CN4CCN(C5CNC5)CC4)cc3)cn(C3CCC(O)CC3)c2n1. The number of nitrogens with zero attached hydrogens (tertiary/aromatic N) is 5. The van der Waals surface area contributed by atoms with Crippen LogP contribution in [0.2, 0.25) is 0 Å². The molecule has 0 spiro atoms. The Labute approximate surface area is 220 Å². The summed E-state index contributed by atoms with van der Waals surface area (Å²) in [5, 5.41) is 17.9. The third-order valence-electron chi connectivity index (χ3n) is 8.52. The molecule has 2 saturated heterocycles. The number of aliphatic hydroxyl groups excluding tert-OH is 1.